The highest BCUT2D eigenvalue weighted by Gasteiger charge is 2.29. The normalized spacial score (nSPS) is 17.5. The Labute approximate surface area is 177 Å². The molecule has 2 aliphatic heterocycles. The van der Waals surface area contributed by atoms with Crippen LogP contribution >= 0.6 is 0 Å². The first-order valence-corrected chi connectivity index (χ1v) is 11.0. The van der Waals surface area contributed by atoms with Gasteiger partial charge in [-0.1, -0.05) is 42.5 Å². The number of fused-ring (bicyclic) bond motifs is 1. The fourth-order valence-electron chi connectivity index (χ4n) is 4.65. The molecule has 154 valence electrons. The highest BCUT2D eigenvalue weighted by Crippen LogP contribution is 2.28. The monoisotopic (exact) mass is 400 g/mol. The van der Waals surface area contributed by atoms with E-state index in [4.69, 9.17) is 4.98 Å². The number of aromatic nitrogens is 2. The Kier molecular flexibility index (Phi) is 5.37. The summed E-state index contributed by atoms with van der Waals surface area (Å²) in [4.78, 5) is 20.3. The minimum atomic E-state index is -0.242. The molecule has 1 aromatic heterocycles. The molecule has 0 aliphatic carbocycles. The first kappa shape index (κ1) is 19.1. The number of carbonyl (C=O) groups is 1. The van der Waals surface area contributed by atoms with Crippen LogP contribution < -0.4 is 5.32 Å². The fraction of sp³-hybridized carbons (Fsp3) is 0.360. The second-order valence-electron chi connectivity index (χ2n) is 8.32. The summed E-state index contributed by atoms with van der Waals surface area (Å²) in [5, 5.41) is 3.14. The van der Waals surface area contributed by atoms with E-state index in [1.54, 1.807) is 0 Å². The van der Waals surface area contributed by atoms with Gasteiger partial charge in [0.25, 0.3) is 0 Å². The molecule has 1 atom stereocenters. The Morgan fingerprint density at radius 3 is 2.37 bits per heavy atom. The molecule has 1 amide bonds. The number of hydrogen-bond donors (Lipinski definition) is 1. The molecule has 5 rings (SSSR count). The van der Waals surface area contributed by atoms with Crippen molar-refractivity contribution in [2.24, 2.45) is 0 Å². The van der Waals surface area contributed by atoms with Gasteiger partial charge in [-0.3, -0.25) is 9.69 Å². The topological polar surface area (TPSA) is 50.2 Å². The van der Waals surface area contributed by atoms with Crippen molar-refractivity contribution in [1.82, 2.24) is 14.5 Å². The third kappa shape index (κ3) is 3.90. The van der Waals surface area contributed by atoms with Gasteiger partial charge >= 0.3 is 0 Å². The molecule has 5 heteroatoms. The SMILES string of the molecule is O=C(Nc1ccc(-c2cn3c(n2)CCCC3)cc1)C(c1ccccc1)N1CCCC1. The number of imidazole rings is 1. The summed E-state index contributed by atoms with van der Waals surface area (Å²) in [6.45, 7) is 3.00. The van der Waals surface area contributed by atoms with Gasteiger partial charge in [-0.05, 0) is 56.5 Å². The number of aryl methyl sites for hydroxylation is 2. The third-order valence-electron chi connectivity index (χ3n) is 6.23. The Morgan fingerprint density at radius 2 is 1.63 bits per heavy atom. The van der Waals surface area contributed by atoms with Crippen molar-refractivity contribution >= 4 is 11.6 Å². The van der Waals surface area contributed by atoms with Crippen LogP contribution in [0.3, 0.4) is 0 Å². The highest BCUT2D eigenvalue weighted by atomic mass is 16.2. The van der Waals surface area contributed by atoms with Crippen LogP contribution in [0.15, 0.2) is 60.8 Å². The van der Waals surface area contributed by atoms with Gasteiger partial charge in [0.15, 0.2) is 0 Å². The maximum atomic E-state index is 13.2. The zero-order valence-electron chi connectivity index (χ0n) is 17.3. The minimum absolute atomic E-state index is 0.0355. The summed E-state index contributed by atoms with van der Waals surface area (Å²) in [6.07, 6.45) is 7.97. The molecule has 1 saturated heterocycles. The zero-order valence-corrected chi connectivity index (χ0v) is 17.3. The molecular formula is C25H28N4O. The van der Waals surface area contributed by atoms with Crippen molar-refractivity contribution in [2.45, 2.75) is 44.7 Å². The number of likely N-dealkylation sites (tertiary alicyclic amines) is 1. The van der Waals surface area contributed by atoms with Crippen molar-refractivity contribution in [2.75, 3.05) is 18.4 Å². The van der Waals surface area contributed by atoms with Crippen LogP contribution in [0.1, 0.15) is 43.1 Å². The molecule has 2 aromatic carbocycles. The Morgan fingerprint density at radius 1 is 0.900 bits per heavy atom. The third-order valence-corrected chi connectivity index (χ3v) is 6.23. The van der Waals surface area contributed by atoms with E-state index in [-0.39, 0.29) is 11.9 Å². The molecule has 30 heavy (non-hydrogen) atoms. The Balaban J connectivity index is 1.33. The molecule has 2 aliphatic rings. The van der Waals surface area contributed by atoms with Crippen molar-refractivity contribution < 1.29 is 4.79 Å². The van der Waals surface area contributed by atoms with E-state index in [1.165, 1.54) is 18.7 Å². The molecule has 0 saturated carbocycles. The molecule has 0 bridgehead atoms. The zero-order chi connectivity index (χ0) is 20.3. The number of amides is 1. The van der Waals surface area contributed by atoms with Crippen LogP contribution in [0.5, 0.6) is 0 Å². The fourth-order valence-corrected chi connectivity index (χ4v) is 4.65. The van der Waals surface area contributed by atoms with Gasteiger partial charge in [0.2, 0.25) is 5.91 Å². The number of nitrogens with zero attached hydrogens (tertiary/aromatic N) is 3. The van der Waals surface area contributed by atoms with Gasteiger partial charge in [0.1, 0.15) is 11.9 Å². The molecule has 0 radical (unpaired) electrons. The lowest BCUT2D eigenvalue weighted by atomic mass is 10.0. The van der Waals surface area contributed by atoms with E-state index >= 15 is 0 Å². The van der Waals surface area contributed by atoms with Crippen molar-refractivity contribution in [3.8, 4) is 11.3 Å². The van der Waals surface area contributed by atoms with E-state index in [2.05, 4.69) is 33.1 Å². The van der Waals surface area contributed by atoms with Crippen LogP contribution in [-0.4, -0.2) is 33.4 Å². The molecule has 3 heterocycles. The van der Waals surface area contributed by atoms with Crippen LogP contribution in [0, 0.1) is 0 Å². The van der Waals surface area contributed by atoms with Crippen LogP contribution in [-0.2, 0) is 17.8 Å². The molecular weight excluding hydrogens is 372 g/mol. The average molecular weight is 401 g/mol. The average Bonchev–Trinajstić information content (AvgIpc) is 3.45. The minimum Gasteiger partial charge on any atom is -0.334 e. The molecule has 3 aromatic rings. The van der Waals surface area contributed by atoms with E-state index in [0.717, 1.165) is 61.4 Å². The summed E-state index contributed by atoms with van der Waals surface area (Å²) in [5.74, 6) is 1.22. The lowest BCUT2D eigenvalue weighted by molar-refractivity contribution is -0.121. The molecule has 1 N–H and O–H groups in total. The Bertz CT molecular complexity index is 980. The maximum absolute atomic E-state index is 13.2. The summed E-state index contributed by atoms with van der Waals surface area (Å²) in [6, 6.07) is 17.9. The number of rotatable bonds is 5. The van der Waals surface area contributed by atoms with Crippen LogP contribution in [0.4, 0.5) is 5.69 Å². The summed E-state index contributed by atoms with van der Waals surface area (Å²) >= 11 is 0. The Hall–Kier alpha value is -2.92. The summed E-state index contributed by atoms with van der Waals surface area (Å²) in [5.41, 5.74) is 3.99. The van der Waals surface area contributed by atoms with Crippen LogP contribution in [0.2, 0.25) is 0 Å². The maximum Gasteiger partial charge on any atom is 0.246 e. The smallest absolute Gasteiger partial charge is 0.246 e. The standard InChI is InChI=1S/C25H28N4O/c30-25(24(28-15-6-7-16-28)20-8-2-1-3-9-20)26-21-13-11-19(12-14-21)22-18-29-17-5-4-10-23(29)27-22/h1-3,8-9,11-14,18,24H,4-7,10,15-17H2,(H,26,30). The van der Waals surface area contributed by atoms with Crippen molar-refractivity contribution in [1.29, 1.82) is 0 Å². The lowest BCUT2D eigenvalue weighted by Crippen LogP contribution is -2.35. The molecule has 5 nitrogen and oxygen atoms in total. The quantitative estimate of drug-likeness (QED) is 0.678. The first-order valence-electron chi connectivity index (χ1n) is 11.0. The summed E-state index contributed by atoms with van der Waals surface area (Å²) < 4.78 is 2.27. The van der Waals surface area contributed by atoms with E-state index in [0.29, 0.717) is 0 Å². The summed E-state index contributed by atoms with van der Waals surface area (Å²) in [7, 11) is 0. The van der Waals surface area contributed by atoms with Gasteiger partial charge < -0.3 is 9.88 Å². The lowest BCUT2D eigenvalue weighted by Gasteiger charge is -2.27. The molecule has 1 unspecified atom stereocenters. The van der Waals surface area contributed by atoms with Gasteiger partial charge in [0.05, 0.1) is 5.69 Å². The number of hydrogen-bond acceptors (Lipinski definition) is 3. The number of carbonyl (C=O) groups excluding carboxylic acids is 1. The van der Waals surface area contributed by atoms with Crippen LogP contribution in [0.25, 0.3) is 11.3 Å². The molecule has 1 fully saturated rings. The van der Waals surface area contributed by atoms with Gasteiger partial charge in [-0.2, -0.15) is 0 Å². The highest BCUT2D eigenvalue weighted by molar-refractivity contribution is 5.95. The van der Waals surface area contributed by atoms with E-state index in [9.17, 15) is 4.79 Å². The number of nitrogens with one attached hydrogen (secondary N) is 1. The number of benzene rings is 2. The van der Waals surface area contributed by atoms with Gasteiger partial charge in [0, 0.05) is 30.4 Å². The predicted molar refractivity (Wildman–Crippen MR) is 119 cm³/mol. The van der Waals surface area contributed by atoms with Crippen molar-refractivity contribution in [3.63, 3.8) is 0 Å². The van der Waals surface area contributed by atoms with Crippen molar-refractivity contribution in [3.05, 3.63) is 72.2 Å². The van der Waals surface area contributed by atoms with E-state index in [1.807, 2.05) is 42.5 Å². The van der Waals surface area contributed by atoms with Gasteiger partial charge in [-0.25, -0.2) is 4.98 Å². The number of anilines is 1. The second kappa shape index (κ2) is 8.44. The largest absolute Gasteiger partial charge is 0.334 e. The predicted octanol–water partition coefficient (Wildman–Crippen LogP) is 4.66. The van der Waals surface area contributed by atoms with E-state index < -0.39 is 0 Å². The first-order chi connectivity index (χ1) is 14.8. The molecule has 0 spiro atoms. The second-order valence-corrected chi connectivity index (χ2v) is 8.32. The van der Waals surface area contributed by atoms with Gasteiger partial charge in [-0.15, -0.1) is 0 Å².